The Kier molecular flexibility index (Phi) is 4.62. The Morgan fingerprint density at radius 3 is 2.25 bits per heavy atom. The molecule has 1 rings (SSSR count). The van der Waals surface area contributed by atoms with E-state index in [2.05, 4.69) is 11.5 Å². The van der Waals surface area contributed by atoms with Crippen LogP contribution in [0.5, 0.6) is 0 Å². The van der Waals surface area contributed by atoms with Crippen LogP contribution in [-0.2, 0) is 0 Å². The van der Waals surface area contributed by atoms with E-state index in [1.54, 1.807) is 23.9 Å². The number of aromatic nitrogens is 1. The Bertz CT molecular complexity index is 384. The summed E-state index contributed by atoms with van der Waals surface area (Å²) in [6, 6.07) is 3.46. The smallest absolute Gasteiger partial charge is 0.182 e. The monoisotopic (exact) mass is 241 g/mol. The molecule has 0 aliphatic rings. The van der Waals surface area contributed by atoms with Gasteiger partial charge in [0.05, 0.1) is 6.61 Å². The molecule has 0 amide bonds. The molecule has 0 bridgehead atoms. The Morgan fingerprint density at radius 1 is 1.38 bits per heavy atom. The Hall–Kier alpha value is -0.740. The molecule has 1 heterocycles. The van der Waals surface area contributed by atoms with E-state index in [-0.39, 0.29) is 23.3 Å². The van der Waals surface area contributed by atoms with Crippen LogP contribution in [0.2, 0.25) is 0 Å². The van der Waals surface area contributed by atoms with Crippen molar-refractivity contribution in [3.05, 3.63) is 33.7 Å². The molecule has 0 aliphatic carbocycles. The molecule has 0 aliphatic heterocycles. The van der Waals surface area contributed by atoms with Crippen LogP contribution in [0.4, 0.5) is 0 Å². The summed E-state index contributed by atoms with van der Waals surface area (Å²) >= 11 is 1.65. The molecular formula is C12H19NO2S. The van der Waals surface area contributed by atoms with Crippen LogP contribution in [0.25, 0.3) is 0 Å². The first-order valence-corrected chi connectivity index (χ1v) is 6.63. The lowest BCUT2D eigenvalue weighted by Gasteiger charge is -2.27. The Balaban J connectivity index is 3.17. The molecule has 3 nitrogen and oxygen atoms in total. The van der Waals surface area contributed by atoms with Crippen molar-refractivity contribution in [3.63, 3.8) is 0 Å². The second-order valence-electron chi connectivity index (χ2n) is 4.04. The highest BCUT2D eigenvalue weighted by atomic mass is 32.2. The third kappa shape index (κ3) is 2.68. The number of rotatable bonds is 4. The average molecular weight is 241 g/mol. The summed E-state index contributed by atoms with van der Waals surface area (Å²) in [5, 5.41) is 9.45. The van der Waals surface area contributed by atoms with Gasteiger partial charge in [0.2, 0.25) is 0 Å². The molecule has 0 radical (unpaired) electrons. The van der Waals surface area contributed by atoms with Crippen molar-refractivity contribution in [1.82, 2.24) is 4.57 Å². The van der Waals surface area contributed by atoms with Gasteiger partial charge in [0.25, 0.3) is 0 Å². The quantitative estimate of drug-likeness (QED) is 0.873. The van der Waals surface area contributed by atoms with Crippen molar-refractivity contribution in [2.24, 2.45) is 0 Å². The predicted octanol–water partition coefficient (Wildman–Crippen LogP) is 1.75. The lowest BCUT2D eigenvalue weighted by atomic mass is 10.2. The van der Waals surface area contributed by atoms with Crippen molar-refractivity contribution < 1.29 is 5.11 Å². The van der Waals surface area contributed by atoms with Gasteiger partial charge >= 0.3 is 0 Å². The molecule has 0 fully saturated rings. The molecule has 1 N–H and O–H groups in total. The summed E-state index contributed by atoms with van der Waals surface area (Å²) < 4.78 is 2.11. The van der Waals surface area contributed by atoms with Crippen molar-refractivity contribution >= 4 is 11.8 Å². The number of hydrogen-bond donors (Lipinski definition) is 1. The Labute approximate surface area is 100 Å². The number of aryl methyl sites for hydroxylation is 2. The fourth-order valence-electron chi connectivity index (χ4n) is 2.10. The van der Waals surface area contributed by atoms with E-state index in [9.17, 15) is 9.90 Å². The maximum Gasteiger partial charge on any atom is 0.182 e. The maximum absolute atomic E-state index is 11.3. The number of aliphatic hydroxyl groups excluding tert-OH is 1. The van der Waals surface area contributed by atoms with Crippen molar-refractivity contribution in [1.29, 1.82) is 0 Å². The van der Waals surface area contributed by atoms with Gasteiger partial charge in [-0.15, -0.1) is 0 Å². The second-order valence-corrected chi connectivity index (χ2v) is 5.12. The van der Waals surface area contributed by atoms with Gasteiger partial charge in [-0.25, -0.2) is 0 Å². The van der Waals surface area contributed by atoms with Crippen LogP contribution >= 0.6 is 11.8 Å². The van der Waals surface area contributed by atoms with Crippen LogP contribution < -0.4 is 5.43 Å². The minimum atomic E-state index is 0.0446. The van der Waals surface area contributed by atoms with Crippen LogP contribution in [0.1, 0.15) is 24.4 Å². The van der Waals surface area contributed by atoms with E-state index in [0.717, 1.165) is 11.4 Å². The molecule has 90 valence electrons. The van der Waals surface area contributed by atoms with Gasteiger partial charge in [-0.3, -0.25) is 4.79 Å². The van der Waals surface area contributed by atoms with Crippen molar-refractivity contribution in [2.75, 3.05) is 12.9 Å². The van der Waals surface area contributed by atoms with Crippen molar-refractivity contribution in [3.8, 4) is 0 Å². The van der Waals surface area contributed by atoms with E-state index >= 15 is 0 Å². The van der Waals surface area contributed by atoms with Gasteiger partial charge < -0.3 is 9.67 Å². The highest BCUT2D eigenvalue weighted by molar-refractivity contribution is 7.99. The topological polar surface area (TPSA) is 42.2 Å². The molecule has 2 atom stereocenters. The zero-order chi connectivity index (χ0) is 12.3. The van der Waals surface area contributed by atoms with Crippen LogP contribution in [0.3, 0.4) is 0 Å². The summed E-state index contributed by atoms with van der Waals surface area (Å²) in [4.78, 5) is 11.3. The first kappa shape index (κ1) is 13.3. The van der Waals surface area contributed by atoms with E-state index in [0.29, 0.717) is 0 Å². The van der Waals surface area contributed by atoms with Gasteiger partial charge in [0.1, 0.15) is 0 Å². The van der Waals surface area contributed by atoms with E-state index in [4.69, 9.17) is 0 Å². The third-order valence-electron chi connectivity index (χ3n) is 2.89. The summed E-state index contributed by atoms with van der Waals surface area (Å²) in [6.45, 7) is 6.08. The van der Waals surface area contributed by atoms with E-state index < -0.39 is 0 Å². The SMILES string of the molecule is CSC(CO)C(C)n1c(C)cc(=O)cc1C. The van der Waals surface area contributed by atoms with Gasteiger partial charge in [-0.05, 0) is 27.0 Å². The number of aliphatic hydroxyl groups is 1. The number of thioether (sulfide) groups is 1. The fraction of sp³-hybridized carbons (Fsp3) is 0.583. The molecule has 0 aromatic carbocycles. The highest BCUT2D eigenvalue weighted by Crippen LogP contribution is 2.23. The summed E-state index contributed by atoms with van der Waals surface area (Å²) in [5.41, 5.74) is 1.94. The molecule has 0 saturated carbocycles. The van der Waals surface area contributed by atoms with Crippen LogP contribution in [-0.4, -0.2) is 27.8 Å². The van der Waals surface area contributed by atoms with Crippen molar-refractivity contribution in [2.45, 2.75) is 32.1 Å². The largest absolute Gasteiger partial charge is 0.395 e. The van der Waals surface area contributed by atoms with Gasteiger partial charge in [-0.2, -0.15) is 11.8 Å². The minimum absolute atomic E-state index is 0.0446. The maximum atomic E-state index is 11.3. The van der Waals surface area contributed by atoms with Gasteiger partial charge in [0.15, 0.2) is 5.43 Å². The van der Waals surface area contributed by atoms with Gasteiger partial charge in [0, 0.05) is 34.8 Å². The number of nitrogens with zero attached hydrogens (tertiary/aromatic N) is 1. The normalized spacial score (nSPS) is 14.8. The minimum Gasteiger partial charge on any atom is -0.395 e. The summed E-state index contributed by atoms with van der Waals surface area (Å²) in [7, 11) is 0. The van der Waals surface area contributed by atoms with Gasteiger partial charge in [-0.1, -0.05) is 0 Å². The molecule has 0 spiro atoms. The molecule has 0 saturated heterocycles. The Morgan fingerprint density at radius 2 is 1.88 bits per heavy atom. The molecule has 1 aromatic heterocycles. The molecular weight excluding hydrogens is 222 g/mol. The first-order chi connectivity index (χ1) is 7.51. The van der Waals surface area contributed by atoms with Crippen LogP contribution in [0, 0.1) is 13.8 Å². The zero-order valence-electron chi connectivity index (χ0n) is 10.2. The molecule has 2 unspecified atom stereocenters. The summed E-state index contributed by atoms with van der Waals surface area (Å²) in [6.07, 6.45) is 1.99. The first-order valence-electron chi connectivity index (χ1n) is 5.34. The molecule has 1 aromatic rings. The standard InChI is InChI=1S/C12H19NO2S/c1-8-5-11(15)6-9(2)13(8)10(3)12(7-14)16-4/h5-6,10,12,14H,7H2,1-4H3. The fourth-order valence-corrected chi connectivity index (χ4v) is 2.77. The summed E-state index contributed by atoms with van der Waals surface area (Å²) in [5.74, 6) is 0. The number of pyridine rings is 1. The lowest BCUT2D eigenvalue weighted by Crippen LogP contribution is -2.26. The third-order valence-corrected chi connectivity index (χ3v) is 4.04. The zero-order valence-corrected chi connectivity index (χ0v) is 11.0. The average Bonchev–Trinajstić information content (AvgIpc) is 2.17. The second kappa shape index (κ2) is 5.55. The van der Waals surface area contributed by atoms with E-state index in [1.165, 1.54) is 0 Å². The van der Waals surface area contributed by atoms with E-state index in [1.807, 2.05) is 20.1 Å². The lowest BCUT2D eigenvalue weighted by molar-refractivity contribution is 0.268. The number of hydrogen-bond acceptors (Lipinski definition) is 3. The predicted molar refractivity (Wildman–Crippen MR) is 69.3 cm³/mol. The molecule has 4 heteroatoms. The highest BCUT2D eigenvalue weighted by Gasteiger charge is 2.18. The van der Waals surface area contributed by atoms with Crippen LogP contribution in [0.15, 0.2) is 16.9 Å². The molecule has 16 heavy (non-hydrogen) atoms.